The van der Waals surface area contributed by atoms with Gasteiger partial charge in [0, 0.05) is 34.5 Å². The Morgan fingerprint density at radius 1 is 1.02 bits per heavy atom. The van der Waals surface area contributed by atoms with Gasteiger partial charge in [0.1, 0.15) is 5.00 Å². The fourth-order valence-electron chi connectivity index (χ4n) is 4.34. The second-order valence-electron chi connectivity index (χ2n) is 9.01. The van der Waals surface area contributed by atoms with E-state index in [4.69, 9.17) is 14.2 Å². The van der Waals surface area contributed by atoms with E-state index in [1.807, 2.05) is 6.07 Å². The molecule has 10 nitrogen and oxygen atoms in total. The summed E-state index contributed by atoms with van der Waals surface area (Å²) in [5.41, 5.74) is 2.17. The molecule has 1 aromatic heterocycles. The summed E-state index contributed by atoms with van der Waals surface area (Å²) in [5.74, 6) is -0.0739. The van der Waals surface area contributed by atoms with Crippen molar-refractivity contribution in [3.63, 3.8) is 0 Å². The molecule has 12 heteroatoms. The zero-order valence-corrected chi connectivity index (χ0v) is 24.8. The van der Waals surface area contributed by atoms with E-state index in [-0.39, 0.29) is 30.1 Å². The molecule has 1 aliphatic rings. The number of benzene rings is 2. The van der Waals surface area contributed by atoms with Gasteiger partial charge in [-0.25, -0.2) is 4.79 Å². The third-order valence-electron chi connectivity index (χ3n) is 6.34. The van der Waals surface area contributed by atoms with Gasteiger partial charge in [0.2, 0.25) is 11.8 Å². The molecule has 0 saturated carbocycles. The number of thiophene rings is 1. The first kappa shape index (κ1) is 29.9. The highest BCUT2D eigenvalue weighted by atomic mass is 32.2. The van der Waals surface area contributed by atoms with E-state index in [0.717, 1.165) is 15.3 Å². The summed E-state index contributed by atoms with van der Waals surface area (Å²) in [7, 11) is 3.03. The van der Waals surface area contributed by atoms with Gasteiger partial charge in [-0.1, -0.05) is 6.07 Å². The smallest absolute Gasteiger partial charge is 0.341 e. The highest BCUT2D eigenvalue weighted by Gasteiger charge is 2.30. The maximum absolute atomic E-state index is 12.9. The summed E-state index contributed by atoms with van der Waals surface area (Å²) in [6.07, 6.45) is 0.520. The van der Waals surface area contributed by atoms with Crippen LogP contribution in [0.4, 0.5) is 10.7 Å². The number of esters is 1. The number of rotatable bonds is 10. The summed E-state index contributed by atoms with van der Waals surface area (Å²) in [6.45, 7) is 4.36. The molecule has 0 bridgehead atoms. The van der Waals surface area contributed by atoms with Crippen LogP contribution in [0.1, 0.15) is 45.0 Å². The van der Waals surface area contributed by atoms with Gasteiger partial charge in [-0.3, -0.25) is 14.4 Å². The lowest BCUT2D eigenvalue weighted by Gasteiger charge is -2.25. The number of nitrogens with zero attached hydrogens (tertiary/aromatic N) is 1. The normalized spacial score (nSPS) is 12.2. The third-order valence-corrected chi connectivity index (χ3v) is 8.47. The fraction of sp³-hybridized carbons (Fsp3) is 0.310. The van der Waals surface area contributed by atoms with Crippen LogP contribution >= 0.6 is 23.1 Å². The predicted octanol–water partition coefficient (Wildman–Crippen LogP) is 4.83. The van der Waals surface area contributed by atoms with E-state index in [1.54, 1.807) is 48.2 Å². The second kappa shape index (κ2) is 13.6. The molecular formula is C29H31N3O7S2. The van der Waals surface area contributed by atoms with Crippen LogP contribution in [0.2, 0.25) is 0 Å². The Bertz CT molecular complexity index is 1470. The van der Waals surface area contributed by atoms with Crippen molar-refractivity contribution in [2.45, 2.75) is 31.7 Å². The topological polar surface area (TPSA) is 123 Å². The van der Waals surface area contributed by atoms with Crippen molar-refractivity contribution < 1.29 is 33.4 Å². The Kier molecular flexibility index (Phi) is 9.90. The Balaban J connectivity index is 1.41. The highest BCUT2D eigenvalue weighted by Crippen LogP contribution is 2.38. The largest absolute Gasteiger partial charge is 0.493 e. The molecule has 0 saturated heterocycles. The quantitative estimate of drug-likeness (QED) is 0.252. The van der Waals surface area contributed by atoms with Crippen LogP contribution in [-0.2, 0) is 27.3 Å². The van der Waals surface area contributed by atoms with Gasteiger partial charge in [0.05, 0.1) is 38.7 Å². The Hall–Kier alpha value is -4.03. The minimum Gasteiger partial charge on any atom is -0.493 e. The standard InChI is InChI=1S/C29H31N3O7S2/c1-5-39-29(36)26-21-11-12-32(17(2)33)15-24(21)41-28(26)31-25(34)16-40-20-8-6-7-19(14-20)30-27(35)18-9-10-22(37-3)23(13-18)38-4/h6-10,13-14H,5,11-12,15-16H2,1-4H3,(H,30,35)(H,31,34). The first-order valence-electron chi connectivity index (χ1n) is 12.9. The number of ether oxygens (including phenoxy) is 3. The van der Waals surface area contributed by atoms with Crippen molar-refractivity contribution in [2.24, 2.45) is 0 Å². The SMILES string of the molecule is CCOC(=O)c1c(NC(=O)CSc2cccc(NC(=O)c3ccc(OC)c(OC)c3)c2)sc2c1CCN(C(C)=O)C2. The van der Waals surface area contributed by atoms with E-state index >= 15 is 0 Å². The predicted molar refractivity (Wildman–Crippen MR) is 158 cm³/mol. The maximum Gasteiger partial charge on any atom is 0.341 e. The van der Waals surface area contributed by atoms with Crippen LogP contribution in [-0.4, -0.2) is 61.7 Å². The Labute approximate surface area is 246 Å². The molecule has 2 heterocycles. The molecule has 4 rings (SSSR count). The summed E-state index contributed by atoms with van der Waals surface area (Å²) in [5, 5.41) is 6.16. The molecule has 2 N–H and O–H groups in total. The third kappa shape index (κ3) is 7.19. The van der Waals surface area contributed by atoms with Crippen LogP contribution in [0.25, 0.3) is 0 Å². The van der Waals surface area contributed by atoms with Crippen molar-refractivity contribution in [3.8, 4) is 11.5 Å². The highest BCUT2D eigenvalue weighted by molar-refractivity contribution is 8.00. The molecule has 2 aromatic carbocycles. The molecule has 0 atom stereocenters. The Morgan fingerprint density at radius 3 is 2.51 bits per heavy atom. The van der Waals surface area contributed by atoms with Crippen molar-refractivity contribution in [2.75, 3.05) is 43.8 Å². The average Bonchev–Trinajstić information content (AvgIpc) is 3.32. The lowest BCUT2D eigenvalue weighted by atomic mass is 10.0. The minimum atomic E-state index is -0.484. The minimum absolute atomic E-state index is 0.0362. The molecule has 3 amide bonds. The lowest BCUT2D eigenvalue weighted by Crippen LogP contribution is -2.34. The van der Waals surface area contributed by atoms with Crippen LogP contribution in [0.5, 0.6) is 11.5 Å². The lowest BCUT2D eigenvalue weighted by molar-refractivity contribution is -0.129. The van der Waals surface area contributed by atoms with Gasteiger partial charge in [-0.2, -0.15) is 0 Å². The average molecular weight is 598 g/mol. The zero-order valence-electron chi connectivity index (χ0n) is 23.2. The van der Waals surface area contributed by atoms with Gasteiger partial charge >= 0.3 is 5.97 Å². The van der Waals surface area contributed by atoms with Crippen LogP contribution in [0.15, 0.2) is 47.4 Å². The number of thioether (sulfide) groups is 1. The number of nitrogens with one attached hydrogen (secondary N) is 2. The molecule has 216 valence electrons. The number of carbonyl (C=O) groups excluding carboxylic acids is 4. The first-order valence-corrected chi connectivity index (χ1v) is 14.7. The number of amides is 3. The van der Waals surface area contributed by atoms with Crippen molar-refractivity contribution in [3.05, 3.63) is 64.0 Å². The molecule has 3 aromatic rings. The van der Waals surface area contributed by atoms with Crippen molar-refractivity contribution in [1.29, 1.82) is 0 Å². The number of anilines is 2. The number of methoxy groups -OCH3 is 2. The first-order chi connectivity index (χ1) is 19.7. The van der Waals surface area contributed by atoms with Gasteiger partial charge < -0.3 is 29.7 Å². The zero-order chi connectivity index (χ0) is 29.5. The van der Waals surface area contributed by atoms with Gasteiger partial charge in [0.25, 0.3) is 5.91 Å². The van der Waals surface area contributed by atoms with E-state index in [2.05, 4.69) is 10.6 Å². The number of carbonyl (C=O) groups is 4. The van der Waals surface area contributed by atoms with E-state index in [1.165, 1.54) is 44.2 Å². The van der Waals surface area contributed by atoms with E-state index in [0.29, 0.717) is 52.8 Å². The summed E-state index contributed by atoms with van der Waals surface area (Å²) >= 11 is 2.59. The van der Waals surface area contributed by atoms with Gasteiger partial charge in [-0.15, -0.1) is 23.1 Å². The molecule has 1 aliphatic heterocycles. The molecule has 0 unspecified atom stereocenters. The summed E-state index contributed by atoms with van der Waals surface area (Å²) in [6, 6.07) is 12.1. The number of hydrogen-bond acceptors (Lipinski definition) is 9. The molecule has 0 aliphatic carbocycles. The van der Waals surface area contributed by atoms with Gasteiger partial charge in [0.15, 0.2) is 11.5 Å². The monoisotopic (exact) mass is 597 g/mol. The summed E-state index contributed by atoms with van der Waals surface area (Å²) in [4.78, 5) is 53.7. The van der Waals surface area contributed by atoms with Crippen LogP contribution < -0.4 is 20.1 Å². The maximum atomic E-state index is 12.9. The fourth-order valence-corrected chi connectivity index (χ4v) is 6.36. The Morgan fingerprint density at radius 2 is 1.80 bits per heavy atom. The molecule has 0 spiro atoms. The number of hydrogen-bond donors (Lipinski definition) is 2. The summed E-state index contributed by atoms with van der Waals surface area (Å²) < 4.78 is 15.8. The van der Waals surface area contributed by atoms with Crippen molar-refractivity contribution in [1.82, 2.24) is 4.90 Å². The molecule has 41 heavy (non-hydrogen) atoms. The second-order valence-corrected chi connectivity index (χ2v) is 11.2. The number of fused-ring (bicyclic) bond motifs is 1. The van der Waals surface area contributed by atoms with Gasteiger partial charge in [-0.05, 0) is 55.3 Å². The van der Waals surface area contributed by atoms with E-state index in [9.17, 15) is 19.2 Å². The van der Waals surface area contributed by atoms with Crippen molar-refractivity contribution >= 4 is 57.5 Å². The molecule has 0 fully saturated rings. The molecular weight excluding hydrogens is 566 g/mol. The molecule has 0 radical (unpaired) electrons. The van der Waals surface area contributed by atoms with Crippen LogP contribution in [0, 0.1) is 0 Å². The van der Waals surface area contributed by atoms with Crippen LogP contribution in [0.3, 0.4) is 0 Å². The van der Waals surface area contributed by atoms with E-state index < -0.39 is 5.97 Å².